The van der Waals surface area contributed by atoms with E-state index in [0.717, 1.165) is 13.1 Å². The van der Waals surface area contributed by atoms with Crippen LogP contribution >= 0.6 is 39.9 Å². The minimum atomic E-state index is 0. The molecule has 0 radical (unpaired) electrons. The molecule has 1 aromatic rings. The van der Waals surface area contributed by atoms with Crippen molar-refractivity contribution < 1.29 is 0 Å². The number of nitrogens with two attached hydrogens (primary N) is 1. The SMILES string of the molecule is CC(C)CNC(N)=NCC1(c2ccccc2Br)CC1.I. The molecule has 1 fully saturated rings. The Hall–Kier alpha value is -0.300. The molecular formula is C15H23BrIN3. The third-order valence-corrected chi connectivity index (χ3v) is 4.23. The maximum atomic E-state index is 5.90. The highest BCUT2D eigenvalue weighted by Gasteiger charge is 2.45. The van der Waals surface area contributed by atoms with Crippen LogP contribution in [0.2, 0.25) is 0 Å². The Morgan fingerprint density at radius 1 is 1.40 bits per heavy atom. The Bertz CT molecular complexity index is 470. The zero-order valence-electron chi connectivity index (χ0n) is 12.0. The normalized spacial score (nSPS) is 16.7. The molecule has 0 spiro atoms. The van der Waals surface area contributed by atoms with E-state index in [1.807, 2.05) is 6.07 Å². The Morgan fingerprint density at radius 2 is 2.05 bits per heavy atom. The standard InChI is InChI=1S/C15H22BrN3.HI/c1-11(2)9-18-14(17)19-10-15(7-8-15)12-5-3-4-6-13(12)16;/h3-6,11H,7-10H2,1-2H3,(H3,17,18,19);1H. The van der Waals surface area contributed by atoms with Gasteiger partial charge in [-0.25, -0.2) is 0 Å². The van der Waals surface area contributed by atoms with Crippen LogP contribution in [0.4, 0.5) is 0 Å². The topological polar surface area (TPSA) is 50.4 Å². The Labute approximate surface area is 147 Å². The minimum Gasteiger partial charge on any atom is -0.370 e. The second-order valence-corrected chi connectivity index (χ2v) is 6.59. The summed E-state index contributed by atoms with van der Waals surface area (Å²) in [6, 6.07) is 8.42. The van der Waals surface area contributed by atoms with Crippen LogP contribution < -0.4 is 11.1 Å². The Kier molecular flexibility index (Phi) is 6.78. The summed E-state index contributed by atoms with van der Waals surface area (Å²) in [7, 11) is 0. The van der Waals surface area contributed by atoms with Crippen LogP contribution in [0.15, 0.2) is 33.7 Å². The van der Waals surface area contributed by atoms with Crippen LogP contribution in [-0.4, -0.2) is 19.0 Å². The largest absolute Gasteiger partial charge is 0.370 e. The lowest BCUT2D eigenvalue weighted by Crippen LogP contribution is -2.35. The van der Waals surface area contributed by atoms with Crippen molar-refractivity contribution in [2.75, 3.05) is 13.1 Å². The van der Waals surface area contributed by atoms with Crippen LogP contribution in [0.25, 0.3) is 0 Å². The van der Waals surface area contributed by atoms with Gasteiger partial charge in [-0.05, 0) is 30.4 Å². The highest BCUT2D eigenvalue weighted by Crippen LogP contribution is 2.50. The van der Waals surface area contributed by atoms with E-state index in [0.29, 0.717) is 11.9 Å². The number of halogens is 2. The summed E-state index contributed by atoms with van der Waals surface area (Å²) in [4.78, 5) is 4.51. The monoisotopic (exact) mass is 451 g/mol. The first-order valence-corrected chi connectivity index (χ1v) is 7.62. The molecule has 0 amide bonds. The second kappa shape index (κ2) is 7.64. The fourth-order valence-electron chi connectivity index (χ4n) is 2.16. The summed E-state index contributed by atoms with van der Waals surface area (Å²) < 4.78 is 1.18. The molecule has 20 heavy (non-hydrogen) atoms. The van der Waals surface area contributed by atoms with Gasteiger partial charge in [0.15, 0.2) is 5.96 Å². The van der Waals surface area contributed by atoms with Crippen LogP contribution in [0.3, 0.4) is 0 Å². The first-order valence-electron chi connectivity index (χ1n) is 6.82. The third-order valence-electron chi connectivity index (χ3n) is 3.54. The van der Waals surface area contributed by atoms with Gasteiger partial charge in [0.1, 0.15) is 0 Å². The van der Waals surface area contributed by atoms with Gasteiger partial charge < -0.3 is 11.1 Å². The van der Waals surface area contributed by atoms with Gasteiger partial charge in [0, 0.05) is 16.4 Å². The number of guanidine groups is 1. The van der Waals surface area contributed by atoms with E-state index in [9.17, 15) is 0 Å². The molecule has 0 aliphatic heterocycles. The van der Waals surface area contributed by atoms with E-state index in [-0.39, 0.29) is 29.4 Å². The second-order valence-electron chi connectivity index (χ2n) is 5.74. The molecule has 0 atom stereocenters. The number of nitrogens with zero attached hydrogens (tertiary/aromatic N) is 1. The van der Waals surface area contributed by atoms with Gasteiger partial charge in [0.2, 0.25) is 0 Å². The van der Waals surface area contributed by atoms with Gasteiger partial charge >= 0.3 is 0 Å². The van der Waals surface area contributed by atoms with Crippen molar-refractivity contribution in [2.45, 2.75) is 32.1 Å². The van der Waals surface area contributed by atoms with Crippen molar-refractivity contribution in [2.24, 2.45) is 16.6 Å². The molecule has 0 saturated heterocycles. The average molecular weight is 452 g/mol. The molecule has 1 saturated carbocycles. The van der Waals surface area contributed by atoms with Crippen molar-refractivity contribution in [3.05, 3.63) is 34.3 Å². The van der Waals surface area contributed by atoms with Crippen LogP contribution in [-0.2, 0) is 5.41 Å². The lowest BCUT2D eigenvalue weighted by Gasteiger charge is -2.16. The van der Waals surface area contributed by atoms with Crippen LogP contribution in [0.1, 0.15) is 32.3 Å². The van der Waals surface area contributed by atoms with Gasteiger partial charge in [0.25, 0.3) is 0 Å². The molecule has 1 aliphatic carbocycles. The maximum absolute atomic E-state index is 5.90. The zero-order valence-corrected chi connectivity index (χ0v) is 15.9. The lowest BCUT2D eigenvalue weighted by molar-refractivity contribution is 0.618. The van der Waals surface area contributed by atoms with Gasteiger partial charge in [0.05, 0.1) is 6.54 Å². The quantitative estimate of drug-likeness (QED) is 0.407. The third kappa shape index (κ3) is 4.62. The molecule has 0 heterocycles. The molecule has 0 unspecified atom stereocenters. The highest BCUT2D eigenvalue weighted by atomic mass is 127. The highest BCUT2D eigenvalue weighted by molar-refractivity contribution is 14.0. The van der Waals surface area contributed by atoms with Gasteiger partial charge in [-0.3, -0.25) is 4.99 Å². The maximum Gasteiger partial charge on any atom is 0.188 e. The fraction of sp³-hybridized carbons (Fsp3) is 0.533. The van der Waals surface area contributed by atoms with Crippen molar-refractivity contribution >= 4 is 45.9 Å². The van der Waals surface area contributed by atoms with Gasteiger partial charge in [-0.1, -0.05) is 48.0 Å². The first-order chi connectivity index (χ1) is 9.03. The summed E-state index contributed by atoms with van der Waals surface area (Å²) >= 11 is 3.63. The predicted octanol–water partition coefficient (Wildman–Crippen LogP) is 3.66. The molecule has 112 valence electrons. The van der Waals surface area contributed by atoms with Crippen LogP contribution in [0.5, 0.6) is 0 Å². The molecule has 1 aliphatic rings. The van der Waals surface area contributed by atoms with E-state index >= 15 is 0 Å². The fourth-order valence-corrected chi connectivity index (χ4v) is 2.86. The molecule has 5 heteroatoms. The van der Waals surface area contributed by atoms with E-state index in [1.165, 1.54) is 22.9 Å². The van der Waals surface area contributed by atoms with E-state index in [2.05, 4.69) is 58.3 Å². The molecular weight excluding hydrogens is 429 g/mol. The molecule has 1 aromatic carbocycles. The molecule has 3 N–H and O–H groups in total. The van der Waals surface area contributed by atoms with Gasteiger partial charge in [-0.15, -0.1) is 24.0 Å². The van der Waals surface area contributed by atoms with Crippen molar-refractivity contribution in [1.29, 1.82) is 0 Å². The molecule has 2 rings (SSSR count). The van der Waals surface area contributed by atoms with Crippen molar-refractivity contribution in [3.8, 4) is 0 Å². The van der Waals surface area contributed by atoms with Gasteiger partial charge in [-0.2, -0.15) is 0 Å². The summed E-state index contributed by atoms with van der Waals surface area (Å²) in [5.41, 5.74) is 7.46. The smallest absolute Gasteiger partial charge is 0.188 e. The average Bonchev–Trinajstić information content (AvgIpc) is 3.15. The summed E-state index contributed by atoms with van der Waals surface area (Å²) in [5, 5.41) is 3.16. The predicted molar refractivity (Wildman–Crippen MR) is 99.8 cm³/mol. The summed E-state index contributed by atoms with van der Waals surface area (Å²) in [6.07, 6.45) is 2.38. The van der Waals surface area contributed by atoms with Crippen molar-refractivity contribution in [1.82, 2.24) is 5.32 Å². The van der Waals surface area contributed by atoms with Crippen LogP contribution in [0, 0.1) is 5.92 Å². The summed E-state index contributed by atoms with van der Waals surface area (Å²) in [5.74, 6) is 1.14. The number of hydrogen-bond acceptors (Lipinski definition) is 1. The Balaban J connectivity index is 0.00000200. The molecule has 0 aromatic heterocycles. The van der Waals surface area contributed by atoms with E-state index in [1.54, 1.807) is 0 Å². The van der Waals surface area contributed by atoms with E-state index in [4.69, 9.17) is 5.73 Å². The number of rotatable bonds is 5. The minimum absolute atomic E-state index is 0. The van der Waals surface area contributed by atoms with E-state index < -0.39 is 0 Å². The molecule has 0 bridgehead atoms. The summed E-state index contributed by atoms with van der Waals surface area (Å²) in [6.45, 7) is 5.96. The Morgan fingerprint density at radius 3 is 2.60 bits per heavy atom. The number of nitrogens with one attached hydrogen (secondary N) is 1. The number of benzene rings is 1. The lowest BCUT2D eigenvalue weighted by atomic mass is 9.96. The molecule has 3 nitrogen and oxygen atoms in total. The van der Waals surface area contributed by atoms with Crippen molar-refractivity contribution in [3.63, 3.8) is 0 Å². The number of aliphatic imine (C=N–C) groups is 1. The number of hydrogen-bond donors (Lipinski definition) is 2. The zero-order chi connectivity index (χ0) is 13.9. The first kappa shape index (κ1) is 17.8.